The number of nitrogens with zero attached hydrogens (tertiary/aromatic N) is 2. The lowest BCUT2D eigenvalue weighted by atomic mass is 10.1. The molecule has 10 N–H and O–H groups in total. The van der Waals surface area contributed by atoms with Crippen LogP contribution in [-0.2, 0) is 16.1 Å². The lowest BCUT2D eigenvalue weighted by Gasteiger charge is -2.14. The Kier molecular flexibility index (Phi) is 9.75. The van der Waals surface area contributed by atoms with E-state index in [2.05, 4.69) is 26.5 Å². The number of carbonyl (C=O) groups is 3. The fourth-order valence-corrected chi connectivity index (χ4v) is 2.26. The number of nitrogens with one attached hydrogen (secondary N) is 2. The van der Waals surface area contributed by atoms with Crippen LogP contribution in [0.1, 0.15) is 56.3 Å². The number of hydrogen-bond acceptors (Lipinski definition) is 7. The van der Waals surface area contributed by atoms with E-state index in [4.69, 9.17) is 21.1 Å². The van der Waals surface area contributed by atoms with E-state index in [9.17, 15) is 14.4 Å². The van der Waals surface area contributed by atoms with Gasteiger partial charge in [-0.2, -0.15) is 4.98 Å². The van der Waals surface area contributed by atoms with Gasteiger partial charge >= 0.3 is 12.0 Å². The second kappa shape index (κ2) is 11.8. The number of carboxylic acid groups (broad SMARTS) is 1. The van der Waals surface area contributed by atoms with Gasteiger partial charge in [-0.15, -0.1) is 0 Å². The van der Waals surface area contributed by atoms with E-state index in [0.717, 1.165) is 6.42 Å². The first-order valence-electron chi connectivity index (χ1n) is 8.76. The number of unbranched alkanes of at least 4 members (excludes halogenated alkanes) is 1. The second-order valence-corrected chi connectivity index (χ2v) is 6.08. The van der Waals surface area contributed by atoms with E-state index in [1.807, 2.05) is 0 Å². The van der Waals surface area contributed by atoms with Crippen LogP contribution < -0.4 is 27.8 Å². The Labute approximate surface area is 156 Å². The van der Waals surface area contributed by atoms with Crippen molar-refractivity contribution >= 4 is 17.9 Å². The van der Waals surface area contributed by atoms with Crippen molar-refractivity contribution in [2.24, 2.45) is 11.5 Å². The molecule has 0 aliphatic heterocycles. The van der Waals surface area contributed by atoms with E-state index in [1.165, 1.54) is 0 Å². The van der Waals surface area contributed by atoms with Crippen LogP contribution in [0.3, 0.4) is 0 Å². The summed E-state index contributed by atoms with van der Waals surface area (Å²) in [5.74, 6) is -1.11. The predicted molar refractivity (Wildman–Crippen MR) is 92.7 cm³/mol. The molecule has 0 saturated heterocycles. The molecule has 1 heterocycles. The Morgan fingerprint density at radius 2 is 1.96 bits per heavy atom. The van der Waals surface area contributed by atoms with E-state index in [0.29, 0.717) is 32.2 Å². The number of hydrogen-bond donors (Lipinski definition) is 6. The Hall–Kier alpha value is -2.73. The van der Waals surface area contributed by atoms with Gasteiger partial charge < -0.3 is 37.5 Å². The number of urea groups is 1. The zero-order chi connectivity index (χ0) is 20.2. The monoisotopic (exact) mass is 386 g/mol. The molecule has 0 fully saturated rings. The molecule has 12 nitrogen and oxygen atoms in total. The Morgan fingerprint density at radius 1 is 1.22 bits per heavy atom. The molecule has 1 aromatic rings. The third-order valence-electron chi connectivity index (χ3n) is 3.75. The van der Waals surface area contributed by atoms with Gasteiger partial charge in [0.15, 0.2) is 5.82 Å². The van der Waals surface area contributed by atoms with E-state index >= 15 is 0 Å². The van der Waals surface area contributed by atoms with Crippen LogP contribution in [0.25, 0.3) is 0 Å². The van der Waals surface area contributed by atoms with Crippen molar-refractivity contribution in [1.82, 2.24) is 20.8 Å². The number of carbonyl (C=O) groups excluding carboxylic acids is 2. The van der Waals surface area contributed by atoms with Crippen molar-refractivity contribution in [2.75, 3.05) is 6.54 Å². The summed E-state index contributed by atoms with van der Waals surface area (Å²) in [6.45, 7) is 0.640. The molecule has 152 valence electrons. The summed E-state index contributed by atoms with van der Waals surface area (Å²) < 4.78 is 5.00. The van der Waals surface area contributed by atoms with Crippen LogP contribution in [-0.4, -0.2) is 45.7 Å². The molecule has 0 aliphatic rings. The molecule has 1 rings (SSSR count). The van der Waals surface area contributed by atoms with E-state index in [-0.39, 0.29) is 24.7 Å². The Morgan fingerprint density at radius 3 is 2.59 bits per heavy atom. The molecule has 0 aromatic carbocycles. The van der Waals surface area contributed by atoms with Gasteiger partial charge in [0.1, 0.15) is 6.04 Å². The number of rotatable bonds is 13. The van der Waals surface area contributed by atoms with E-state index in [1.54, 1.807) is 0 Å². The standard InChI is InChI=1S/C15H27N7O5/c16-7-2-1-5-10(14(24)25)20-15(26)19-8-12-21-13(22-27-12)9(17)4-3-6-11(18)23/h9-10H,1-8,16-17H2,(H2,18,23)(H,24,25)(H2,19,20,26)/p+1. The number of amides is 3. The second-order valence-electron chi connectivity index (χ2n) is 6.08. The zero-order valence-corrected chi connectivity index (χ0v) is 15.1. The molecule has 0 saturated carbocycles. The fraction of sp³-hybridized carbons (Fsp3) is 0.667. The van der Waals surface area contributed by atoms with Crippen molar-refractivity contribution in [3.8, 4) is 0 Å². The topological polar surface area (TPSA) is 214 Å². The highest BCUT2D eigenvalue weighted by Crippen LogP contribution is 2.13. The molecule has 3 amide bonds. The number of nitrogens with two attached hydrogens (primary N) is 2. The molecule has 0 spiro atoms. The molecule has 12 heteroatoms. The van der Waals surface area contributed by atoms with Crippen molar-refractivity contribution in [1.29, 1.82) is 0 Å². The Bertz CT molecular complexity index is 621. The number of aliphatic carboxylic acids is 1. The largest absolute Gasteiger partial charge is 0.480 e. The van der Waals surface area contributed by atoms with Crippen LogP contribution >= 0.6 is 0 Å². The summed E-state index contributed by atoms with van der Waals surface area (Å²) in [5.41, 5.74) is 14.7. The van der Waals surface area contributed by atoms with Gasteiger partial charge in [0.25, 0.3) is 0 Å². The number of primary amides is 1. The minimum Gasteiger partial charge on any atom is -0.480 e. The third-order valence-corrected chi connectivity index (χ3v) is 3.75. The molecule has 27 heavy (non-hydrogen) atoms. The molecular weight excluding hydrogens is 358 g/mol. The highest BCUT2D eigenvalue weighted by Gasteiger charge is 2.20. The normalized spacial score (nSPS) is 13.0. The molecule has 2 unspecified atom stereocenters. The summed E-state index contributed by atoms with van der Waals surface area (Å²) in [7, 11) is 0. The first-order chi connectivity index (χ1) is 12.8. The lowest BCUT2D eigenvalue weighted by Crippen LogP contribution is -2.50. The van der Waals surface area contributed by atoms with Crippen LogP contribution in [0.2, 0.25) is 0 Å². The average Bonchev–Trinajstić information content (AvgIpc) is 3.08. The molecular formula is C15H28N7O5+. The summed E-state index contributed by atoms with van der Waals surface area (Å²) in [6.07, 6.45) is 2.96. The SMILES string of the molecule is NC(=O)CCCC(N)c1noc(CNC(=O)NC(CCCC[NH3+])C(=O)O)n1. The summed E-state index contributed by atoms with van der Waals surface area (Å²) in [6, 6.07) is -2.14. The maximum absolute atomic E-state index is 11.9. The highest BCUT2D eigenvalue weighted by molar-refractivity contribution is 5.82. The zero-order valence-electron chi connectivity index (χ0n) is 15.1. The van der Waals surface area contributed by atoms with Gasteiger partial charge in [0.05, 0.1) is 19.1 Å². The quantitative estimate of drug-likeness (QED) is 0.216. The summed E-state index contributed by atoms with van der Waals surface area (Å²) in [5, 5.41) is 17.7. The maximum atomic E-state index is 11.9. The molecule has 0 bridgehead atoms. The number of aromatic nitrogens is 2. The van der Waals surface area contributed by atoms with Crippen LogP contribution in [0.15, 0.2) is 4.52 Å². The summed E-state index contributed by atoms with van der Waals surface area (Å²) in [4.78, 5) is 37.8. The third kappa shape index (κ3) is 8.96. The molecule has 1 aromatic heterocycles. The van der Waals surface area contributed by atoms with Crippen LogP contribution in [0.5, 0.6) is 0 Å². The van der Waals surface area contributed by atoms with Gasteiger partial charge in [0, 0.05) is 6.42 Å². The van der Waals surface area contributed by atoms with Gasteiger partial charge in [-0.25, -0.2) is 9.59 Å². The van der Waals surface area contributed by atoms with Crippen LogP contribution in [0, 0.1) is 0 Å². The van der Waals surface area contributed by atoms with Gasteiger partial charge in [-0.3, -0.25) is 4.79 Å². The molecule has 0 aliphatic carbocycles. The maximum Gasteiger partial charge on any atom is 0.326 e. The number of quaternary nitrogens is 1. The van der Waals surface area contributed by atoms with Gasteiger partial charge in [-0.05, 0) is 32.1 Å². The minimum atomic E-state index is -1.10. The highest BCUT2D eigenvalue weighted by atomic mass is 16.5. The number of carboxylic acids is 1. The van der Waals surface area contributed by atoms with Crippen LogP contribution in [0.4, 0.5) is 4.79 Å². The lowest BCUT2D eigenvalue weighted by molar-refractivity contribution is -0.368. The van der Waals surface area contributed by atoms with E-state index < -0.39 is 30.0 Å². The van der Waals surface area contributed by atoms with Crippen molar-refractivity contribution in [2.45, 2.75) is 57.2 Å². The minimum absolute atomic E-state index is 0.0714. The Balaban J connectivity index is 2.41. The smallest absolute Gasteiger partial charge is 0.326 e. The first-order valence-corrected chi connectivity index (χ1v) is 8.76. The van der Waals surface area contributed by atoms with Gasteiger partial charge in [-0.1, -0.05) is 5.16 Å². The average molecular weight is 386 g/mol. The predicted octanol–water partition coefficient (Wildman–Crippen LogP) is -1.61. The summed E-state index contributed by atoms with van der Waals surface area (Å²) >= 11 is 0. The molecule has 2 atom stereocenters. The van der Waals surface area contributed by atoms with Crippen molar-refractivity contribution in [3.05, 3.63) is 11.7 Å². The van der Waals surface area contributed by atoms with Crippen molar-refractivity contribution in [3.63, 3.8) is 0 Å². The van der Waals surface area contributed by atoms with Crippen molar-refractivity contribution < 1.29 is 29.7 Å². The molecule has 0 radical (unpaired) electrons. The van der Waals surface area contributed by atoms with Gasteiger partial charge in [0.2, 0.25) is 11.8 Å². The first kappa shape index (κ1) is 22.3. The fourth-order valence-electron chi connectivity index (χ4n) is 2.26.